The van der Waals surface area contributed by atoms with Gasteiger partial charge in [0.25, 0.3) is 10.1 Å². The van der Waals surface area contributed by atoms with Gasteiger partial charge >= 0.3 is 0 Å². The molecule has 0 aliphatic heterocycles. The zero-order valence-electron chi connectivity index (χ0n) is 13.3. The minimum absolute atomic E-state index is 0. The summed E-state index contributed by atoms with van der Waals surface area (Å²) in [6.07, 6.45) is 0. The number of carbonyl (C=O) groups is 1. The van der Waals surface area contributed by atoms with E-state index in [0.717, 1.165) is 27.1 Å². The summed E-state index contributed by atoms with van der Waals surface area (Å²) < 4.78 is 1.85. The van der Waals surface area contributed by atoms with Crippen molar-refractivity contribution in [3.8, 4) is 10.6 Å². The molecule has 1 amide bonds. The molecule has 0 bridgehead atoms. The van der Waals surface area contributed by atoms with Gasteiger partial charge in [0.2, 0.25) is 5.91 Å². The molecule has 2 N–H and O–H groups in total. The Morgan fingerprint density at radius 1 is 1.04 bits per heavy atom. The average Bonchev–Trinajstić information content (AvgIpc) is 2.89. The highest BCUT2D eigenvalue weighted by Crippen LogP contribution is 2.27. The van der Waals surface area contributed by atoms with Crippen molar-refractivity contribution in [3.05, 3.63) is 54.6 Å². The van der Waals surface area contributed by atoms with Crippen molar-refractivity contribution < 1.29 is 21.9 Å². The zero-order valence-corrected chi connectivity index (χ0v) is 14.9. The Morgan fingerprint density at radius 3 is 2.33 bits per heavy atom. The Bertz CT molecular complexity index is 818. The van der Waals surface area contributed by atoms with Crippen molar-refractivity contribution in [1.82, 2.24) is 5.10 Å². The van der Waals surface area contributed by atoms with Gasteiger partial charge in [-0.1, -0.05) is 22.9 Å². The van der Waals surface area contributed by atoms with Crippen LogP contribution in [0.4, 0.5) is 16.5 Å². The molecule has 0 saturated carbocycles. The first-order valence-electron chi connectivity index (χ1n) is 7.19. The smallest absolute Gasteiger partial charge is 0.297 e. The van der Waals surface area contributed by atoms with Gasteiger partial charge in [-0.15, -0.1) is 0 Å². The summed E-state index contributed by atoms with van der Waals surface area (Å²) in [6.45, 7) is 1.50. The van der Waals surface area contributed by atoms with Crippen LogP contribution < -0.4 is 27.7 Å². The third kappa shape index (κ3) is 4.31. The fourth-order valence-corrected chi connectivity index (χ4v) is 3.14. The predicted molar refractivity (Wildman–Crippen MR) is 92.8 cm³/mol. The number of anilines is 3. The van der Waals surface area contributed by atoms with Crippen LogP contribution in [0.5, 0.6) is 0 Å². The Labute approximate surface area is 150 Å². The van der Waals surface area contributed by atoms with Gasteiger partial charge in [0, 0.05) is 23.4 Å². The van der Waals surface area contributed by atoms with E-state index in [-0.39, 0.29) is 18.3 Å². The molecule has 1 heterocycles. The quantitative estimate of drug-likeness (QED) is 0.660. The first-order valence-corrected chi connectivity index (χ1v) is 8.01. The Balaban J connectivity index is 0.00000208. The molecule has 3 rings (SSSR count). The molecular weight excluding hydrogens is 344 g/mol. The van der Waals surface area contributed by atoms with E-state index in [2.05, 4.69) is 15.7 Å². The van der Waals surface area contributed by atoms with Crippen LogP contribution in [-0.2, 0) is 11.8 Å². The average molecular weight is 361 g/mol. The van der Waals surface area contributed by atoms with Crippen molar-refractivity contribution >= 4 is 33.8 Å². The number of rotatable bonds is 4. The normalized spacial score (nSPS) is 9.92. The number of aromatic nitrogens is 2. The van der Waals surface area contributed by atoms with Crippen LogP contribution in [0, 0.1) is 0 Å². The van der Waals surface area contributed by atoms with E-state index in [1.165, 1.54) is 6.92 Å². The number of amides is 1. The maximum Gasteiger partial charge on any atom is 0.297 e. The Morgan fingerprint density at radius 2 is 1.71 bits per heavy atom. The van der Waals surface area contributed by atoms with Gasteiger partial charge in [-0.25, -0.2) is 0 Å². The lowest BCUT2D eigenvalue weighted by Crippen LogP contribution is -3.00. The van der Waals surface area contributed by atoms with Crippen LogP contribution in [0.1, 0.15) is 6.92 Å². The number of nitrogens with zero attached hydrogens (tertiary/aromatic N) is 2. The molecule has 0 spiro atoms. The van der Waals surface area contributed by atoms with Crippen molar-refractivity contribution in [2.24, 2.45) is 7.05 Å². The highest BCUT2D eigenvalue weighted by atomic mass is 35.5. The minimum atomic E-state index is -0.0737. The molecule has 5 nitrogen and oxygen atoms in total. The SMILES string of the molecule is CC(=O)Nc1ccc(-c2sc(Nc3ccccc3)n[n+]2C)cc1.[Cl-]. The minimum Gasteiger partial charge on any atom is -1.00 e. The first kappa shape index (κ1) is 17.9. The molecule has 7 heteroatoms. The van der Waals surface area contributed by atoms with Crippen molar-refractivity contribution in [2.45, 2.75) is 6.92 Å². The summed E-state index contributed by atoms with van der Waals surface area (Å²) in [5.74, 6) is -0.0737. The second-order valence-electron chi connectivity index (χ2n) is 5.09. The fourth-order valence-electron chi connectivity index (χ4n) is 2.20. The van der Waals surface area contributed by atoms with Crippen LogP contribution in [0.25, 0.3) is 10.6 Å². The number of hydrogen-bond donors (Lipinski definition) is 2. The molecule has 24 heavy (non-hydrogen) atoms. The molecule has 2 aromatic carbocycles. The van der Waals surface area contributed by atoms with Gasteiger partial charge in [-0.3, -0.25) is 4.79 Å². The standard InChI is InChI=1S/C17H16N4OS.ClH/c1-12(22)18-15-10-8-13(9-11-15)16-21(2)20-17(23-16)19-14-6-4-3-5-7-14;/h3-11H,1-2H3,(H,19,20);1H. The lowest BCUT2D eigenvalue weighted by atomic mass is 10.2. The molecule has 0 fully saturated rings. The van der Waals surface area contributed by atoms with Crippen LogP contribution in [0.2, 0.25) is 0 Å². The van der Waals surface area contributed by atoms with Gasteiger partial charge < -0.3 is 23.0 Å². The molecule has 124 valence electrons. The summed E-state index contributed by atoms with van der Waals surface area (Å²) in [7, 11) is 1.92. The maximum atomic E-state index is 11.1. The second kappa shape index (κ2) is 7.90. The van der Waals surface area contributed by atoms with Crippen LogP contribution in [0.3, 0.4) is 0 Å². The molecule has 0 atom stereocenters. The topological polar surface area (TPSA) is 57.9 Å². The molecule has 0 saturated heterocycles. The number of benzene rings is 2. The summed E-state index contributed by atoms with van der Waals surface area (Å²) in [5, 5.41) is 12.4. The van der Waals surface area contributed by atoms with E-state index >= 15 is 0 Å². The van der Waals surface area contributed by atoms with Gasteiger partial charge in [0.1, 0.15) is 0 Å². The lowest BCUT2D eigenvalue weighted by Gasteiger charge is -2.01. The number of carbonyl (C=O) groups excluding carboxylic acids is 1. The zero-order chi connectivity index (χ0) is 16.2. The highest BCUT2D eigenvalue weighted by molar-refractivity contribution is 7.18. The number of aryl methyl sites for hydroxylation is 1. The van der Waals surface area contributed by atoms with Gasteiger partial charge in [0.05, 0.1) is 5.56 Å². The summed E-state index contributed by atoms with van der Waals surface area (Å²) in [6, 6.07) is 17.7. The van der Waals surface area contributed by atoms with Crippen molar-refractivity contribution in [3.63, 3.8) is 0 Å². The second-order valence-corrected chi connectivity index (χ2v) is 6.06. The Kier molecular flexibility index (Phi) is 5.89. The fraction of sp³-hybridized carbons (Fsp3) is 0.118. The third-order valence-electron chi connectivity index (χ3n) is 3.21. The summed E-state index contributed by atoms with van der Waals surface area (Å²) in [4.78, 5) is 11.1. The molecule has 1 aromatic heterocycles. The summed E-state index contributed by atoms with van der Waals surface area (Å²) >= 11 is 1.58. The first-order chi connectivity index (χ1) is 11.1. The predicted octanol–water partition coefficient (Wildman–Crippen LogP) is 0.341. The lowest BCUT2D eigenvalue weighted by molar-refractivity contribution is -0.714. The van der Waals surface area contributed by atoms with Crippen molar-refractivity contribution in [1.29, 1.82) is 0 Å². The maximum absolute atomic E-state index is 11.1. The molecule has 0 aliphatic carbocycles. The number of para-hydroxylation sites is 1. The van der Waals surface area contributed by atoms with E-state index in [1.54, 1.807) is 11.3 Å². The third-order valence-corrected chi connectivity index (χ3v) is 4.28. The van der Waals surface area contributed by atoms with Crippen LogP contribution in [0.15, 0.2) is 54.6 Å². The largest absolute Gasteiger partial charge is 1.00 e. The number of halogens is 1. The molecule has 0 radical (unpaired) electrons. The number of nitrogens with one attached hydrogen (secondary N) is 2. The Hall–Kier alpha value is -2.44. The van der Waals surface area contributed by atoms with E-state index < -0.39 is 0 Å². The number of hydrogen-bond acceptors (Lipinski definition) is 4. The van der Waals surface area contributed by atoms with E-state index in [4.69, 9.17) is 0 Å². The van der Waals surface area contributed by atoms with Crippen molar-refractivity contribution in [2.75, 3.05) is 10.6 Å². The van der Waals surface area contributed by atoms with Crippen LogP contribution >= 0.6 is 11.3 Å². The molecule has 3 aromatic rings. The molecule has 0 aliphatic rings. The monoisotopic (exact) mass is 360 g/mol. The van der Waals surface area contributed by atoms with Crippen LogP contribution in [-0.4, -0.2) is 11.0 Å². The van der Waals surface area contributed by atoms with E-state index in [1.807, 2.05) is 66.3 Å². The van der Waals surface area contributed by atoms with E-state index in [0.29, 0.717) is 0 Å². The summed E-state index contributed by atoms with van der Waals surface area (Å²) in [5.41, 5.74) is 2.85. The molecule has 0 unspecified atom stereocenters. The highest BCUT2D eigenvalue weighted by Gasteiger charge is 2.18. The van der Waals surface area contributed by atoms with Gasteiger partial charge in [-0.2, -0.15) is 0 Å². The van der Waals surface area contributed by atoms with E-state index in [9.17, 15) is 4.79 Å². The van der Waals surface area contributed by atoms with Gasteiger partial charge in [-0.05, 0) is 47.7 Å². The van der Waals surface area contributed by atoms with Gasteiger partial charge in [0.15, 0.2) is 7.05 Å². The molecular formula is C17H17ClN4OS.